The van der Waals surface area contributed by atoms with Crippen LogP contribution in [0.4, 0.5) is 0 Å². The first-order chi connectivity index (χ1) is 3.29. The van der Waals surface area contributed by atoms with Crippen LogP contribution in [0.3, 0.4) is 0 Å². The first-order valence-electron chi connectivity index (χ1n) is 2.62. The number of halogens is 1. The Hall–Kier alpha value is 0.0300. The van der Waals surface area contributed by atoms with Gasteiger partial charge in [-0.25, -0.2) is 0 Å². The van der Waals surface area contributed by atoms with Crippen molar-refractivity contribution in [3.63, 3.8) is 0 Å². The van der Waals surface area contributed by atoms with E-state index in [-0.39, 0.29) is 0 Å². The van der Waals surface area contributed by atoms with E-state index in [0.29, 0.717) is 0 Å². The number of rotatable bonds is 2. The molecule has 0 N–H and O–H groups in total. The van der Waals surface area contributed by atoms with Crippen molar-refractivity contribution in [2.45, 2.75) is 19.3 Å². The minimum Gasteiger partial charge on any atom is -0.0898 e. The van der Waals surface area contributed by atoms with Gasteiger partial charge in [-0.05, 0) is 25.2 Å². The molecule has 0 aliphatic heterocycles. The molecule has 1 saturated carbocycles. The topological polar surface area (TPSA) is 0 Å². The van der Waals surface area contributed by atoms with Gasteiger partial charge >= 0.3 is 0 Å². The van der Waals surface area contributed by atoms with Gasteiger partial charge in [-0.1, -0.05) is 18.2 Å². The first kappa shape index (κ1) is 5.17. The second-order valence-corrected chi connectivity index (χ2v) is 2.70. The van der Waals surface area contributed by atoms with Crippen molar-refractivity contribution in [1.82, 2.24) is 0 Å². The highest BCUT2D eigenvalue weighted by Crippen LogP contribution is 2.35. The summed E-state index contributed by atoms with van der Waals surface area (Å²) in [5.74, 6) is 0.894. The van der Waals surface area contributed by atoms with Crippen LogP contribution >= 0.6 is 11.6 Å². The summed E-state index contributed by atoms with van der Waals surface area (Å²) in [7, 11) is 0. The van der Waals surface area contributed by atoms with E-state index in [1.807, 2.05) is 0 Å². The number of hydrogen-bond acceptors (Lipinski definition) is 0. The third-order valence-corrected chi connectivity index (χ3v) is 1.36. The Balaban J connectivity index is 2.08. The molecule has 1 heteroatoms. The van der Waals surface area contributed by atoms with Crippen molar-refractivity contribution in [3.8, 4) is 0 Å². The molecule has 0 aromatic rings. The third-order valence-electron chi connectivity index (χ3n) is 1.21. The fraction of sp³-hybridized carbons (Fsp3) is 0.667. The molecular formula is C6H9Cl. The van der Waals surface area contributed by atoms with Gasteiger partial charge in [0.25, 0.3) is 0 Å². The zero-order chi connectivity index (χ0) is 5.28. The van der Waals surface area contributed by atoms with E-state index in [4.69, 9.17) is 11.6 Å². The molecule has 1 rings (SSSR count). The molecule has 0 radical (unpaired) electrons. The molecule has 1 aliphatic rings. The smallest absolute Gasteiger partial charge is 0.0112 e. The summed E-state index contributed by atoms with van der Waals surface area (Å²) in [6, 6.07) is 0. The first-order valence-corrected chi connectivity index (χ1v) is 3.00. The van der Waals surface area contributed by atoms with E-state index in [0.717, 1.165) is 17.4 Å². The van der Waals surface area contributed by atoms with E-state index in [9.17, 15) is 0 Å². The van der Waals surface area contributed by atoms with Crippen LogP contribution in [-0.4, -0.2) is 0 Å². The highest BCUT2D eigenvalue weighted by atomic mass is 35.5. The third kappa shape index (κ3) is 1.98. The van der Waals surface area contributed by atoms with Crippen molar-refractivity contribution in [2.75, 3.05) is 0 Å². The van der Waals surface area contributed by atoms with Gasteiger partial charge in [0, 0.05) is 5.03 Å². The molecule has 0 unspecified atom stereocenters. The van der Waals surface area contributed by atoms with Crippen LogP contribution < -0.4 is 0 Å². The van der Waals surface area contributed by atoms with E-state index >= 15 is 0 Å². The largest absolute Gasteiger partial charge is 0.0898 e. The van der Waals surface area contributed by atoms with Crippen LogP contribution in [-0.2, 0) is 0 Å². The van der Waals surface area contributed by atoms with Gasteiger partial charge in [-0.15, -0.1) is 0 Å². The van der Waals surface area contributed by atoms with Gasteiger partial charge in [-0.2, -0.15) is 0 Å². The van der Waals surface area contributed by atoms with Gasteiger partial charge in [0.2, 0.25) is 0 Å². The zero-order valence-electron chi connectivity index (χ0n) is 4.28. The maximum atomic E-state index is 5.52. The molecule has 0 aromatic heterocycles. The van der Waals surface area contributed by atoms with Crippen LogP contribution in [0.1, 0.15) is 19.3 Å². The molecule has 0 saturated heterocycles. The molecule has 0 bridgehead atoms. The van der Waals surface area contributed by atoms with Crippen LogP contribution in [0.2, 0.25) is 0 Å². The summed E-state index contributed by atoms with van der Waals surface area (Å²) in [5.41, 5.74) is 0. The summed E-state index contributed by atoms with van der Waals surface area (Å²) >= 11 is 5.52. The molecule has 0 heterocycles. The van der Waals surface area contributed by atoms with Gasteiger partial charge < -0.3 is 0 Å². The Bertz CT molecular complexity index is 82.2. The second kappa shape index (κ2) is 1.87. The van der Waals surface area contributed by atoms with Crippen LogP contribution in [0.15, 0.2) is 11.6 Å². The lowest BCUT2D eigenvalue weighted by Crippen LogP contribution is -1.70. The predicted molar refractivity (Wildman–Crippen MR) is 32.3 cm³/mol. The fourth-order valence-corrected chi connectivity index (χ4v) is 0.853. The highest BCUT2D eigenvalue weighted by molar-refractivity contribution is 6.29. The lowest BCUT2D eigenvalue weighted by molar-refractivity contribution is 0.853. The van der Waals surface area contributed by atoms with Crippen molar-refractivity contribution in [2.24, 2.45) is 5.92 Å². The average Bonchev–Trinajstić information content (AvgIpc) is 2.17. The summed E-state index contributed by atoms with van der Waals surface area (Å²) in [4.78, 5) is 0. The van der Waals surface area contributed by atoms with Gasteiger partial charge in [0.05, 0.1) is 0 Å². The van der Waals surface area contributed by atoms with E-state index in [1.165, 1.54) is 12.8 Å². The van der Waals surface area contributed by atoms with E-state index in [2.05, 4.69) is 6.58 Å². The lowest BCUT2D eigenvalue weighted by Gasteiger charge is -1.87. The molecule has 0 aromatic carbocycles. The SMILES string of the molecule is C=C(Cl)CC1CC1. The summed E-state index contributed by atoms with van der Waals surface area (Å²) < 4.78 is 0. The molecule has 40 valence electrons. The monoisotopic (exact) mass is 116 g/mol. The lowest BCUT2D eigenvalue weighted by atomic mass is 10.3. The van der Waals surface area contributed by atoms with Gasteiger partial charge in [0.1, 0.15) is 0 Å². The molecule has 0 nitrogen and oxygen atoms in total. The van der Waals surface area contributed by atoms with Crippen molar-refractivity contribution >= 4 is 11.6 Å². The van der Waals surface area contributed by atoms with Crippen molar-refractivity contribution in [3.05, 3.63) is 11.6 Å². The minimum atomic E-state index is 0.822. The molecule has 7 heavy (non-hydrogen) atoms. The minimum absolute atomic E-state index is 0.822. The molecular weight excluding hydrogens is 108 g/mol. The van der Waals surface area contributed by atoms with E-state index in [1.54, 1.807) is 0 Å². The normalized spacial score (nSPS) is 19.6. The molecule has 0 amide bonds. The predicted octanol–water partition coefficient (Wildman–Crippen LogP) is 2.54. The Labute approximate surface area is 49.2 Å². The Morgan fingerprint density at radius 3 is 2.43 bits per heavy atom. The Morgan fingerprint density at radius 2 is 2.29 bits per heavy atom. The molecule has 1 aliphatic carbocycles. The fourth-order valence-electron chi connectivity index (χ4n) is 0.635. The second-order valence-electron chi connectivity index (χ2n) is 2.16. The van der Waals surface area contributed by atoms with Crippen molar-refractivity contribution < 1.29 is 0 Å². The zero-order valence-corrected chi connectivity index (χ0v) is 5.04. The molecule has 1 fully saturated rings. The summed E-state index contributed by atoms with van der Waals surface area (Å²) in [6.07, 6.45) is 3.78. The number of allylic oxidation sites excluding steroid dienone is 1. The average molecular weight is 117 g/mol. The summed E-state index contributed by atoms with van der Waals surface area (Å²) in [6.45, 7) is 3.60. The molecule has 0 atom stereocenters. The maximum absolute atomic E-state index is 5.52. The number of hydrogen-bond donors (Lipinski definition) is 0. The van der Waals surface area contributed by atoms with Crippen LogP contribution in [0.25, 0.3) is 0 Å². The summed E-state index contributed by atoms with van der Waals surface area (Å²) in [5, 5.41) is 0.822. The molecule has 0 spiro atoms. The Kier molecular flexibility index (Phi) is 1.38. The van der Waals surface area contributed by atoms with Crippen LogP contribution in [0.5, 0.6) is 0 Å². The van der Waals surface area contributed by atoms with E-state index < -0.39 is 0 Å². The standard InChI is InChI=1S/C6H9Cl/c1-5(7)4-6-2-3-6/h6H,1-4H2. The van der Waals surface area contributed by atoms with Crippen LogP contribution in [0, 0.1) is 5.92 Å². The van der Waals surface area contributed by atoms with Crippen molar-refractivity contribution in [1.29, 1.82) is 0 Å². The maximum Gasteiger partial charge on any atom is 0.0112 e. The van der Waals surface area contributed by atoms with Gasteiger partial charge in [-0.3, -0.25) is 0 Å². The Morgan fingerprint density at radius 1 is 1.71 bits per heavy atom. The quantitative estimate of drug-likeness (QED) is 0.520. The van der Waals surface area contributed by atoms with Gasteiger partial charge in [0.15, 0.2) is 0 Å². The highest BCUT2D eigenvalue weighted by Gasteiger charge is 2.20.